The Morgan fingerprint density at radius 1 is 1.21 bits per heavy atom. The number of hydrogen-bond acceptors (Lipinski definition) is 4. The Labute approximate surface area is 116 Å². The quantitative estimate of drug-likeness (QED) is 0.904. The first-order valence-electron chi connectivity index (χ1n) is 6.99. The Morgan fingerprint density at radius 2 is 2.00 bits per heavy atom. The maximum atomic E-state index is 6.15. The van der Waals surface area contributed by atoms with Gasteiger partial charge in [-0.3, -0.25) is 0 Å². The van der Waals surface area contributed by atoms with Crippen molar-refractivity contribution in [1.82, 2.24) is 4.90 Å². The number of rotatable bonds is 3. The van der Waals surface area contributed by atoms with Gasteiger partial charge in [0.1, 0.15) is 5.75 Å². The van der Waals surface area contributed by atoms with Crippen LogP contribution in [0.4, 0.5) is 5.69 Å². The van der Waals surface area contributed by atoms with Crippen molar-refractivity contribution in [3.63, 3.8) is 0 Å². The Balaban J connectivity index is 2.32. The third kappa shape index (κ3) is 3.19. The Morgan fingerprint density at radius 3 is 2.68 bits per heavy atom. The van der Waals surface area contributed by atoms with E-state index >= 15 is 0 Å². The van der Waals surface area contributed by atoms with E-state index in [1.54, 1.807) is 7.11 Å². The normalized spacial score (nSPS) is 19.1. The summed E-state index contributed by atoms with van der Waals surface area (Å²) >= 11 is 0. The molecule has 2 rings (SSSR count). The molecular formula is C15H25N3O. The van der Waals surface area contributed by atoms with Crippen molar-refractivity contribution >= 4 is 5.69 Å². The zero-order chi connectivity index (χ0) is 13.8. The molecule has 1 unspecified atom stereocenters. The fraction of sp³-hybridized carbons (Fsp3) is 0.600. The number of methoxy groups -OCH3 is 1. The predicted molar refractivity (Wildman–Crippen MR) is 79.9 cm³/mol. The fourth-order valence-corrected chi connectivity index (χ4v) is 2.73. The van der Waals surface area contributed by atoms with E-state index in [0.29, 0.717) is 0 Å². The van der Waals surface area contributed by atoms with Crippen LogP contribution < -0.4 is 15.4 Å². The molecule has 4 heteroatoms. The highest BCUT2D eigenvalue weighted by atomic mass is 16.5. The van der Waals surface area contributed by atoms with Crippen LogP contribution in [0, 0.1) is 0 Å². The van der Waals surface area contributed by atoms with Crippen LogP contribution in [-0.2, 0) is 0 Å². The van der Waals surface area contributed by atoms with Gasteiger partial charge in [-0.05, 0) is 39.1 Å². The summed E-state index contributed by atoms with van der Waals surface area (Å²) in [7, 11) is 3.89. The van der Waals surface area contributed by atoms with Crippen LogP contribution in [0.25, 0.3) is 0 Å². The third-order valence-corrected chi connectivity index (χ3v) is 3.78. The highest BCUT2D eigenvalue weighted by molar-refractivity contribution is 5.60. The molecule has 1 aromatic carbocycles. The number of nitrogens with two attached hydrogens (primary N) is 1. The van der Waals surface area contributed by atoms with Crippen LogP contribution in [-0.4, -0.2) is 45.2 Å². The molecule has 0 radical (unpaired) electrons. The lowest BCUT2D eigenvalue weighted by atomic mass is 10.0. The molecule has 0 saturated carbocycles. The highest BCUT2D eigenvalue weighted by Crippen LogP contribution is 2.34. The van der Waals surface area contributed by atoms with Crippen molar-refractivity contribution in [3.05, 3.63) is 23.8 Å². The summed E-state index contributed by atoms with van der Waals surface area (Å²) in [6.07, 6.45) is 1.19. The molecule has 0 bridgehead atoms. The lowest BCUT2D eigenvalue weighted by molar-refractivity contribution is 0.360. The Bertz CT molecular complexity index is 420. The second kappa shape index (κ2) is 6.26. The number of benzene rings is 1. The zero-order valence-electron chi connectivity index (χ0n) is 12.2. The van der Waals surface area contributed by atoms with Crippen LogP contribution in [0.15, 0.2) is 18.2 Å². The largest absolute Gasteiger partial charge is 0.496 e. The van der Waals surface area contributed by atoms with Gasteiger partial charge in [-0.2, -0.15) is 0 Å². The zero-order valence-corrected chi connectivity index (χ0v) is 12.2. The van der Waals surface area contributed by atoms with Gasteiger partial charge in [0.25, 0.3) is 0 Å². The second-order valence-electron chi connectivity index (χ2n) is 5.33. The van der Waals surface area contributed by atoms with E-state index < -0.39 is 0 Å². The summed E-state index contributed by atoms with van der Waals surface area (Å²) < 4.78 is 5.47. The van der Waals surface area contributed by atoms with Gasteiger partial charge in [-0.1, -0.05) is 6.07 Å². The monoisotopic (exact) mass is 263 g/mol. The number of anilines is 1. The lowest BCUT2D eigenvalue weighted by Crippen LogP contribution is -2.30. The Kier molecular flexibility index (Phi) is 4.66. The third-order valence-electron chi connectivity index (χ3n) is 3.78. The van der Waals surface area contributed by atoms with E-state index in [2.05, 4.69) is 29.0 Å². The van der Waals surface area contributed by atoms with Gasteiger partial charge >= 0.3 is 0 Å². The summed E-state index contributed by atoms with van der Waals surface area (Å²) in [5.41, 5.74) is 8.49. The molecule has 0 amide bonds. The predicted octanol–water partition coefficient (Wildman–Crippen LogP) is 1.86. The summed E-state index contributed by atoms with van der Waals surface area (Å²) in [5.74, 6) is 0.894. The fourth-order valence-electron chi connectivity index (χ4n) is 2.73. The number of nitrogens with zero attached hydrogens (tertiary/aromatic N) is 2. The SMILES string of the molecule is COc1cccc(N2CCCN(C)CC2)c1C(C)N. The van der Waals surface area contributed by atoms with Crippen LogP contribution >= 0.6 is 0 Å². The second-order valence-corrected chi connectivity index (χ2v) is 5.33. The summed E-state index contributed by atoms with van der Waals surface area (Å²) in [6, 6.07) is 6.18. The van der Waals surface area contributed by atoms with Crippen LogP contribution in [0.2, 0.25) is 0 Å². The van der Waals surface area contributed by atoms with Crippen LogP contribution in [0.1, 0.15) is 24.9 Å². The van der Waals surface area contributed by atoms with Gasteiger partial charge in [0.15, 0.2) is 0 Å². The van der Waals surface area contributed by atoms with Crippen molar-refractivity contribution < 1.29 is 4.74 Å². The molecule has 1 aromatic rings. The van der Waals surface area contributed by atoms with E-state index in [4.69, 9.17) is 10.5 Å². The molecule has 1 heterocycles. The van der Waals surface area contributed by atoms with Gasteiger partial charge in [-0.15, -0.1) is 0 Å². The van der Waals surface area contributed by atoms with E-state index in [-0.39, 0.29) is 6.04 Å². The van der Waals surface area contributed by atoms with Crippen molar-refractivity contribution in [2.45, 2.75) is 19.4 Å². The standard InChI is InChI=1S/C15H25N3O/c1-12(16)15-13(6-4-7-14(15)19-3)18-9-5-8-17(2)10-11-18/h4,6-7,12H,5,8-11,16H2,1-3H3. The number of hydrogen-bond donors (Lipinski definition) is 1. The molecule has 1 atom stereocenters. The average molecular weight is 263 g/mol. The van der Waals surface area contributed by atoms with Gasteiger partial charge in [0.05, 0.1) is 7.11 Å². The minimum Gasteiger partial charge on any atom is -0.496 e. The van der Waals surface area contributed by atoms with E-state index in [9.17, 15) is 0 Å². The van der Waals surface area contributed by atoms with Gasteiger partial charge in [0.2, 0.25) is 0 Å². The molecule has 106 valence electrons. The van der Waals surface area contributed by atoms with Crippen molar-refractivity contribution in [3.8, 4) is 5.75 Å². The molecule has 0 aliphatic carbocycles. The summed E-state index contributed by atoms with van der Waals surface area (Å²) in [4.78, 5) is 4.82. The van der Waals surface area contributed by atoms with Gasteiger partial charge in [-0.25, -0.2) is 0 Å². The van der Waals surface area contributed by atoms with E-state index in [1.165, 1.54) is 12.1 Å². The first-order valence-corrected chi connectivity index (χ1v) is 6.99. The molecule has 2 N–H and O–H groups in total. The highest BCUT2D eigenvalue weighted by Gasteiger charge is 2.19. The molecule has 0 spiro atoms. The van der Waals surface area contributed by atoms with Crippen molar-refractivity contribution in [2.75, 3.05) is 45.2 Å². The van der Waals surface area contributed by atoms with Crippen LogP contribution in [0.5, 0.6) is 5.75 Å². The molecule has 1 fully saturated rings. The molecule has 19 heavy (non-hydrogen) atoms. The molecular weight excluding hydrogens is 238 g/mol. The summed E-state index contributed by atoms with van der Waals surface area (Å²) in [6.45, 7) is 6.40. The first kappa shape index (κ1) is 14.2. The van der Waals surface area contributed by atoms with Crippen molar-refractivity contribution in [2.24, 2.45) is 5.73 Å². The first-order chi connectivity index (χ1) is 9.13. The molecule has 1 saturated heterocycles. The maximum absolute atomic E-state index is 6.15. The average Bonchev–Trinajstić information content (AvgIpc) is 2.62. The number of likely N-dealkylation sites (N-methyl/N-ethyl adjacent to an activating group) is 1. The van der Waals surface area contributed by atoms with E-state index in [0.717, 1.165) is 37.5 Å². The van der Waals surface area contributed by atoms with Gasteiger partial charge in [0, 0.05) is 36.9 Å². The maximum Gasteiger partial charge on any atom is 0.125 e. The summed E-state index contributed by atoms with van der Waals surface area (Å²) in [5, 5.41) is 0. The lowest BCUT2D eigenvalue weighted by Gasteiger charge is -2.28. The molecule has 4 nitrogen and oxygen atoms in total. The molecule has 1 aliphatic rings. The molecule has 1 aliphatic heterocycles. The van der Waals surface area contributed by atoms with Crippen molar-refractivity contribution in [1.29, 1.82) is 0 Å². The Hall–Kier alpha value is -1.26. The van der Waals surface area contributed by atoms with Gasteiger partial charge < -0.3 is 20.3 Å². The smallest absolute Gasteiger partial charge is 0.125 e. The van der Waals surface area contributed by atoms with E-state index in [1.807, 2.05) is 13.0 Å². The molecule has 0 aromatic heterocycles. The minimum absolute atomic E-state index is 0.0212. The van der Waals surface area contributed by atoms with Crippen LogP contribution in [0.3, 0.4) is 0 Å². The minimum atomic E-state index is -0.0212. The topological polar surface area (TPSA) is 41.7 Å². The number of ether oxygens (including phenoxy) is 1.